The molecule has 0 fully saturated rings. The van der Waals surface area contributed by atoms with Gasteiger partial charge in [0.05, 0.1) is 7.11 Å². The molecule has 0 saturated carbocycles. The van der Waals surface area contributed by atoms with Gasteiger partial charge < -0.3 is 14.1 Å². The van der Waals surface area contributed by atoms with E-state index < -0.39 is 0 Å². The van der Waals surface area contributed by atoms with Gasteiger partial charge in [-0.3, -0.25) is 0 Å². The summed E-state index contributed by atoms with van der Waals surface area (Å²) in [6.07, 6.45) is 4.01. The van der Waals surface area contributed by atoms with Crippen molar-refractivity contribution >= 4 is 34.4 Å². The summed E-state index contributed by atoms with van der Waals surface area (Å²) in [7, 11) is 3.37. The van der Waals surface area contributed by atoms with E-state index in [0.29, 0.717) is 0 Å². The minimum atomic E-state index is -0.326. The van der Waals surface area contributed by atoms with E-state index in [1.165, 1.54) is 13.2 Å². The van der Waals surface area contributed by atoms with Crippen LogP contribution in [0.5, 0.6) is 0 Å². The van der Waals surface area contributed by atoms with Crippen molar-refractivity contribution in [2.45, 2.75) is 18.4 Å². The highest BCUT2D eigenvalue weighted by Gasteiger charge is 2.15. The molecule has 118 valence electrons. The molecule has 0 bridgehead atoms. The molecule has 0 saturated heterocycles. The van der Waals surface area contributed by atoms with Crippen molar-refractivity contribution in [2.24, 2.45) is 0 Å². The Bertz CT molecular complexity index is 663. The van der Waals surface area contributed by atoms with Gasteiger partial charge in [-0.1, -0.05) is 36.9 Å². The molecule has 0 radical (unpaired) electrons. The Morgan fingerprint density at radius 2 is 2.09 bits per heavy atom. The normalized spacial score (nSPS) is 11.2. The largest absolute Gasteiger partial charge is 0.466 e. The van der Waals surface area contributed by atoms with Gasteiger partial charge in [0.1, 0.15) is 0 Å². The summed E-state index contributed by atoms with van der Waals surface area (Å²) >= 11 is 1.71. The van der Waals surface area contributed by atoms with E-state index in [0.717, 1.165) is 40.5 Å². The van der Waals surface area contributed by atoms with Crippen LogP contribution >= 0.6 is 11.8 Å². The number of furan rings is 1. The number of nitrogens with zero attached hydrogens (tertiary/aromatic N) is 1. The first-order chi connectivity index (χ1) is 10.7. The van der Waals surface area contributed by atoms with E-state index in [9.17, 15) is 4.79 Å². The fourth-order valence-electron chi connectivity index (χ4n) is 2.18. The van der Waals surface area contributed by atoms with Crippen LogP contribution in [0.15, 0.2) is 45.9 Å². The van der Waals surface area contributed by atoms with Crippen LogP contribution in [0.1, 0.15) is 13.3 Å². The van der Waals surface area contributed by atoms with Crippen LogP contribution < -0.4 is 4.90 Å². The summed E-state index contributed by atoms with van der Waals surface area (Å²) in [5.41, 5.74) is 0. The van der Waals surface area contributed by atoms with Crippen LogP contribution in [-0.4, -0.2) is 32.4 Å². The third kappa shape index (κ3) is 3.85. The highest BCUT2D eigenvalue weighted by atomic mass is 32.2. The molecule has 0 aliphatic carbocycles. The zero-order chi connectivity index (χ0) is 15.9. The van der Waals surface area contributed by atoms with E-state index in [4.69, 9.17) is 4.42 Å². The molecule has 2 aromatic rings. The maximum atomic E-state index is 11.0. The predicted octanol–water partition coefficient (Wildman–Crippen LogP) is 4.10. The lowest BCUT2D eigenvalue weighted by Gasteiger charge is -2.15. The number of ether oxygens (including phenoxy) is 1. The summed E-state index contributed by atoms with van der Waals surface area (Å²) in [6.45, 7) is 2.88. The molecule has 0 amide bonds. The lowest BCUT2D eigenvalue weighted by atomic mass is 10.2. The Kier molecular flexibility index (Phi) is 5.95. The third-order valence-electron chi connectivity index (χ3n) is 3.28. The molecule has 2 rings (SSSR count). The Morgan fingerprint density at radius 3 is 2.77 bits per heavy atom. The van der Waals surface area contributed by atoms with Gasteiger partial charge in [0, 0.05) is 30.4 Å². The molecule has 1 aromatic carbocycles. The first-order valence-electron chi connectivity index (χ1n) is 7.27. The number of methoxy groups -OCH3 is 1. The number of anilines is 1. The van der Waals surface area contributed by atoms with Crippen molar-refractivity contribution in [3.8, 4) is 0 Å². The molecule has 0 spiro atoms. The summed E-state index contributed by atoms with van der Waals surface area (Å²) in [5.74, 6) is 1.52. The average Bonchev–Trinajstić information content (AvgIpc) is 2.90. The van der Waals surface area contributed by atoms with Crippen LogP contribution in [0, 0.1) is 0 Å². The minimum Gasteiger partial charge on any atom is -0.466 e. The van der Waals surface area contributed by atoms with Gasteiger partial charge in [-0.2, -0.15) is 0 Å². The SMILES string of the molecule is CCSc1oc(N(C)CC/C=C/C(=O)OC)c2ccccc12. The summed E-state index contributed by atoms with van der Waals surface area (Å²) in [4.78, 5) is 13.1. The van der Waals surface area contributed by atoms with Crippen LogP contribution in [0.2, 0.25) is 0 Å². The topological polar surface area (TPSA) is 42.7 Å². The third-order valence-corrected chi connectivity index (χ3v) is 4.13. The lowest BCUT2D eigenvalue weighted by Crippen LogP contribution is -2.17. The van der Waals surface area contributed by atoms with Gasteiger partial charge >= 0.3 is 5.97 Å². The van der Waals surface area contributed by atoms with Crippen LogP contribution in [0.4, 0.5) is 5.88 Å². The molecular weight excluding hydrogens is 298 g/mol. The van der Waals surface area contributed by atoms with Crippen LogP contribution in [0.25, 0.3) is 10.8 Å². The Hall–Kier alpha value is -1.88. The second kappa shape index (κ2) is 7.94. The van der Waals surface area contributed by atoms with Crippen molar-refractivity contribution in [1.29, 1.82) is 0 Å². The van der Waals surface area contributed by atoms with Crippen LogP contribution in [-0.2, 0) is 9.53 Å². The van der Waals surface area contributed by atoms with E-state index in [2.05, 4.69) is 28.7 Å². The van der Waals surface area contributed by atoms with Crippen molar-refractivity contribution in [1.82, 2.24) is 0 Å². The van der Waals surface area contributed by atoms with E-state index in [-0.39, 0.29) is 5.97 Å². The molecule has 0 aliphatic heterocycles. The molecular formula is C17H21NO3S. The van der Waals surface area contributed by atoms with Crippen molar-refractivity contribution in [3.05, 3.63) is 36.4 Å². The number of hydrogen-bond acceptors (Lipinski definition) is 5. The number of fused-ring (bicyclic) bond motifs is 1. The van der Waals surface area contributed by atoms with Gasteiger partial charge in [0.15, 0.2) is 5.09 Å². The minimum absolute atomic E-state index is 0.326. The molecule has 0 atom stereocenters. The predicted molar refractivity (Wildman–Crippen MR) is 91.7 cm³/mol. The van der Waals surface area contributed by atoms with Gasteiger partial charge in [-0.25, -0.2) is 4.79 Å². The smallest absolute Gasteiger partial charge is 0.330 e. The number of carbonyl (C=O) groups excluding carboxylic acids is 1. The van der Waals surface area contributed by atoms with Crippen LogP contribution in [0.3, 0.4) is 0 Å². The van der Waals surface area contributed by atoms with Gasteiger partial charge in [-0.15, -0.1) is 0 Å². The fourth-order valence-corrected chi connectivity index (χ4v) is 2.92. The maximum Gasteiger partial charge on any atom is 0.330 e. The monoisotopic (exact) mass is 319 g/mol. The lowest BCUT2D eigenvalue weighted by molar-refractivity contribution is -0.134. The molecule has 0 N–H and O–H groups in total. The van der Waals surface area contributed by atoms with Gasteiger partial charge in [0.25, 0.3) is 0 Å². The number of carbonyl (C=O) groups is 1. The first-order valence-corrected chi connectivity index (χ1v) is 8.25. The van der Waals surface area contributed by atoms with Gasteiger partial charge in [0.2, 0.25) is 5.88 Å². The Morgan fingerprint density at radius 1 is 1.36 bits per heavy atom. The summed E-state index contributed by atoms with van der Waals surface area (Å²) in [6, 6.07) is 8.22. The zero-order valence-corrected chi connectivity index (χ0v) is 14.0. The number of thioether (sulfide) groups is 1. The van der Waals surface area contributed by atoms with E-state index in [1.807, 2.05) is 25.3 Å². The summed E-state index contributed by atoms with van der Waals surface area (Å²) < 4.78 is 10.6. The van der Waals surface area contributed by atoms with E-state index in [1.54, 1.807) is 11.8 Å². The maximum absolute atomic E-state index is 11.0. The number of benzene rings is 1. The molecule has 1 heterocycles. The molecule has 22 heavy (non-hydrogen) atoms. The molecule has 1 aromatic heterocycles. The van der Waals surface area contributed by atoms with Crippen molar-refractivity contribution in [2.75, 3.05) is 31.4 Å². The first kappa shape index (κ1) is 16.5. The van der Waals surface area contributed by atoms with Crippen molar-refractivity contribution in [3.63, 3.8) is 0 Å². The standard InChI is InChI=1S/C17H21NO3S/c1-4-22-17-14-10-6-5-9-13(14)16(21-17)18(2)12-8-7-11-15(19)20-3/h5-7,9-11H,4,8,12H2,1-3H3/b11-7+. The highest BCUT2D eigenvalue weighted by molar-refractivity contribution is 7.99. The quantitative estimate of drug-likeness (QED) is 0.437. The average molecular weight is 319 g/mol. The summed E-state index contributed by atoms with van der Waals surface area (Å²) in [5, 5.41) is 3.24. The van der Waals surface area contributed by atoms with E-state index >= 15 is 0 Å². The number of esters is 1. The highest BCUT2D eigenvalue weighted by Crippen LogP contribution is 2.37. The molecule has 0 unspecified atom stereocenters. The Balaban J connectivity index is 2.12. The number of hydrogen-bond donors (Lipinski definition) is 0. The Labute approximate surface area is 135 Å². The zero-order valence-electron chi connectivity index (χ0n) is 13.2. The number of rotatable bonds is 7. The molecule has 5 heteroatoms. The molecule has 0 aliphatic rings. The van der Waals surface area contributed by atoms with Crippen molar-refractivity contribution < 1.29 is 13.9 Å². The van der Waals surface area contributed by atoms with Gasteiger partial charge in [-0.05, 0) is 24.3 Å². The fraction of sp³-hybridized carbons (Fsp3) is 0.353. The molecule has 4 nitrogen and oxygen atoms in total. The second-order valence-corrected chi connectivity index (χ2v) is 6.05. The second-order valence-electron chi connectivity index (χ2n) is 4.81.